The van der Waals surface area contributed by atoms with Gasteiger partial charge in [0.15, 0.2) is 4.77 Å². The maximum Gasteiger partial charge on any atom is 0.182 e. The molecule has 0 fully saturated rings. The molecule has 2 nitrogen and oxygen atoms in total. The molecule has 0 radical (unpaired) electrons. The number of halogens is 2. The first kappa shape index (κ1) is 14.3. The molecule has 0 atom stereocenters. The summed E-state index contributed by atoms with van der Waals surface area (Å²) in [5.41, 5.74) is 3.65. The van der Waals surface area contributed by atoms with Crippen LogP contribution in [0, 0.1) is 10.6 Å². The number of imidazole rings is 1. The quantitative estimate of drug-likeness (QED) is 0.638. The van der Waals surface area contributed by atoms with E-state index in [0.717, 1.165) is 24.0 Å². The van der Waals surface area contributed by atoms with Crippen molar-refractivity contribution in [2.24, 2.45) is 0 Å². The van der Waals surface area contributed by atoms with Gasteiger partial charge >= 0.3 is 0 Å². The van der Waals surface area contributed by atoms with Crippen LogP contribution < -0.4 is 0 Å². The van der Waals surface area contributed by atoms with Gasteiger partial charge in [0.25, 0.3) is 0 Å². The van der Waals surface area contributed by atoms with Crippen LogP contribution in [0.1, 0.15) is 18.9 Å². The molecular weight excluding hydrogens is 307 g/mol. The van der Waals surface area contributed by atoms with E-state index in [-0.39, 0.29) is 5.02 Å². The molecule has 108 valence electrons. The van der Waals surface area contributed by atoms with Crippen molar-refractivity contribution in [2.45, 2.75) is 19.8 Å². The Balaban J connectivity index is 2.33. The fourth-order valence-electron chi connectivity index (χ4n) is 2.55. The van der Waals surface area contributed by atoms with Crippen LogP contribution in [0.3, 0.4) is 0 Å². The topological polar surface area (TPSA) is 20.7 Å². The number of rotatable bonds is 3. The highest BCUT2D eigenvalue weighted by atomic mass is 35.5. The zero-order chi connectivity index (χ0) is 15.0. The van der Waals surface area contributed by atoms with E-state index < -0.39 is 5.82 Å². The van der Waals surface area contributed by atoms with Crippen molar-refractivity contribution in [2.75, 3.05) is 0 Å². The summed E-state index contributed by atoms with van der Waals surface area (Å²) < 4.78 is 16.1. The van der Waals surface area contributed by atoms with Gasteiger partial charge in [-0.1, -0.05) is 43.1 Å². The van der Waals surface area contributed by atoms with E-state index in [1.54, 1.807) is 6.07 Å². The lowest BCUT2D eigenvalue weighted by atomic mass is 10.1. The van der Waals surface area contributed by atoms with Crippen LogP contribution >= 0.6 is 23.8 Å². The van der Waals surface area contributed by atoms with Gasteiger partial charge in [-0.15, -0.1) is 0 Å². The number of aryl methyl sites for hydroxylation is 1. The van der Waals surface area contributed by atoms with Crippen LogP contribution in [0.15, 0.2) is 36.4 Å². The summed E-state index contributed by atoms with van der Waals surface area (Å²) in [5.74, 6) is -0.450. The lowest BCUT2D eigenvalue weighted by Crippen LogP contribution is -1.99. The molecule has 1 N–H and O–H groups in total. The second-order valence-corrected chi connectivity index (χ2v) is 5.72. The van der Waals surface area contributed by atoms with Crippen molar-refractivity contribution < 1.29 is 4.39 Å². The Morgan fingerprint density at radius 1 is 1.29 bits per heavy atom. The molecule has 21 heavy (non-hydrogen) atoms. The molecule has 0 amide bonds. The molecule has 0 unspecified atom stereocenters. The minimum absolute atomic E-state index is 0.0956. The third-order valence-corrected chi connectivity index (χ3v) is 4.05. The average molecular weight is 321 g/mol. The maximum absolute atomic E-state index is 13.6. The number of nitrogens with one attached hydrogen (secondary N) is 1. The summed E-state index contributed by atoms with van der Waals surface area (Å²) >= 11 is 11.3. The molecule has 0 spiro atoms. The number of nitrogens with zero attached hydrogens (tertiary/aromatic N) is 1. The van der Waals surface area contributed by atoms with Gasteiger partial charge in [0, 0.05) is 6.07 Å². The highest BCUT2D eigenvalue weighted by molar-refractivity contribution is 7.71. The Hall–Kier alpha value is -1.65. The normalized spacial score (nSPS) is 11.2. The SMILES string of the molecule is CCCc1ccccc1-n1c(=S)[nH]c2cc(F)c(Cl)cc21. The second kappa shape index (κ2) is 5.62. The number of hydrogen-bond acceptors (Lipinski definition) is 1. The summed E-state index contributed by atoms with van der Waals surface area (Å²) in [6, 6.07) is 11.1. The molecule has 3 rings (SSSR count). The summed E-state index contributed by atoms with van der Waals surface area (Å²) in [5, 5.41) is 0.0956. The summed E-state index contributed by atoms with van der Waals surface area (Å²) in [4.78, 5) is 3.04. The average Bonchev–Trinajstić information content (AvgIpc) is 2.76. The van der Waals surface area contributed by atoms with Crippen LogP contribution in [-0.2, 0) is 6.42 Å². The smallest absolute Gasteiger partial charge is 0.182 e. The number of aromatic nitrogens is 2. The first-order valence-corrected chi connectivity index (χ1v) is 7.58. The monoisotopic (exact) mass is 320 g/mol. The maximum atomic E-state index is 13.6. The van der Waals surface area contributed by atoms with Crippen molar-refractivity contribution in [3.05, 3.63) is 57.6 Å². The number of hydrogen-bond donors (Lipinski definition) is 1. The first-order chi connectivity index (χ1) is 10.1. The van der Waals surface area contributed by atoms with Crippen molar-refractivity contribution in [3.63, 3.8) is 0 Å². The third kappa shape index (κ3) is 2.49. The molecule has 2 aromatic carbocycles. The summed E-state index contributed by atoms with van der Waals surface area (Å²) in [6.07, 6.45) is 2.00. The molecule has 0 aliphatic carbocycles. The lowest BCUT2D eigenvalue weighted by molar-refractivity contribution is 0.630. The zero-order valence-corrected chi connectivity index (χ0v) is 13.1. The molecule has 1 aromatic heterocycles. The van der Waals surface area contributed by atoms with Crippen molar-refractivity contribution in [1.29, 1.82) is 0 Å². The molecule has 0 saturated carbocycles. The highest BCUT2D eigenvalue weighted by Crippen LogP contribution is 2.27. The van der Waals surface area contributed by atoms with Crippen LogP contribution in [0.25, 0.3) is 16.7 Å². The number of aromatic amines is 1. The van der Waals surface area contributed by atoms with E-state index in [9.17, 15) is 4.39 Å². The molecule has 0 aliphatic heterocycles. The zero-order valence-electron chi connectivity index (χ0n) is 11.5. The molecule has 0 bridgehead atoms. The Morgan fingerprint density at radius 2 is 2.05 bits per heavy atom. The largest absolute Gasteiger partial charge is 0.330 e. The van der Waals surface area contributed by atoms with Gasteiger partial charge in [-0.25, -0.2) is 4.39 Å². The Morgan fingerprint density at radius 3 is 2.81 bits per heavy atom. The second-order valence-electron chi connectivity index (χ2n) is 4.93. The van der Waals surface area contributed by atoms with E-state index >= 15 is 0 Å². The molecule has 5 heteroatoms. The van der Waals surface area contributed by atoms with Gasteiger partial charge < -0.3 is 4.98 Å². The first-order valence-electron chi connectivity index (χ1n) is 6.80. The highest BCUT2D eigenvalue weighted by Gasteiger charge is 2.12. The lowest BCUT2D eigenvalue weighted by Gasteiger charge is -2.11. The van der Waals surface area contributed by atoms with E-state index in [1.807, 2.05) is 22.8 Å². The summed E-state index contributed by atoms with van der Waals surface area (Å²) in [6.45, 7) is 2.14. The standard InChI is InChI=1S/C16H14ClFN2S/c1-2-5-10-6-3-4-7-14(10)20-15-8-11(17)12(18)9-13(15)19-16(20)21/h3-4,6-9H,2,5H2,1H3,(H,19,21). The van der Waals surface area contributed by atoms with E-state index in [2.05, 4.69) is 18.0 Å². The molecule has 1 heterocycles. The number of fused-ring (bicyclic) bond motifs is 1. The third-order valence-electron chi connectivity index (χ3n) is 3.48. The van der Waals surface area contributed by atoms with Gasteiger partial charge in [-0.3, -0.25) is 4.57 Å². The van der Waals surface area contributed by atoms with Crippen LogP contribution in [0.4, 0.5) is 4.39 Å². The predicted octanol–water partition coefficient (Wildman–Crippen LogP) is 5.43. The van der Waals surface area contributed by atoms with Gasteiger partial charge in [0.1, 0.15) is 5.82 Å². The Kier molecular flexibility index (Phi) is 3.83. The van der Waals surface area contributed by atoms with Gasteiger partial charge in [-0.2, -0.15) is 0 Å². The van der Waals surface area contributed by atoms with Crippen molar-refractivity contribution >= 4 is 34.9 Å². The molecular formula is C16H14ClFN2S. The molecule has 0 aliphatic rings. The molecule has 3 aromatic rings. The van der Waals surface area contributed by atoms with E-state index in [1.165, 1.54) is 11.6 Å². The number of benzene rings is 2. The van der Waals surface area contributed by atoms with E-state index in [0.29, 0.717) is 10.3 Å². The fourth-order valence-corrected chi connectivity index (χ4v) is 3.02. The van der Waals surface area contributed by atoms with E-state index in [4.69, 9.17) is 23.8 Å². The minimum Gasteiger partial charge on any atom is -0.330 e. The van der Waals surface area contributed by atoms with Crippen molar-refractivity contribution in [1.82, 2.24) is 9.55 Å². The predicted molar refractivity (Wildman–Crippen MR) is 87.4 cm³/mol. The van der Waals surface area contributed by atoms with Gasteiger partial charge in [0.05, 0.1) is 21.7 Å². The van der Waals surface area contributed by atoms with Gasteiger partial charge in [0.2, 0.25) is 0 Å². The summed E-state index contributed by atoms with van der Waals surface area (Å²) in [7, 11) is 0. The number of H-pyrrole nitrogens is 1. The number of para-hydroxylation sites is 1. The Labute approximate surface area is 132 Å². The van der Waals surface area contributed by atoms with Gasteiger partial charge in [-0.05, 0) is 36.3 Å². The van der Waals surface area contributed by atoms with Crippen LogP contribution in [0.2, 0.25) is 5.02 Å². The van der Waals surface area contributed by atoms with Crippen LogP contribution in [0.5, 0.6) is 0 Å². The van der Waals surface area contributed by atoms with Crippen LogP contribution in [-0.4, -0.2) is 9.55 Å². The fraction of sp³-hybridized carbons (Fsp3) is 0.188. The Bertz CT molecular complexity index is 866. The van der Waals surface area contributed by atoms with Crippen molar-refractivity contribution in [3.8, 4) is 5.69 Å². The molecule has 0 saturated heterocycles. The minimum atomic E-state index is -0.450.